The van der Waals surface area contributed by atoms with Gasteiger partial charge in [0.1, 0.15) is 12.6 Å². The van der Waals surface area contributed by atoms with Crippen LogP contribution in [0.25, 0.3) is 0 Å². The maximum Gasteiger partial charge on any atom is 0.324 e. The molecule has 1 aliphatic rings. The molecule has 3 amide bonds. The third kappa shape index (κ3) is 4.41. The van der Waals surface area contributed by atoms with E-state index in [4.69, 9.17) is 10.8 Å². The highest BCUT2D eigenvalue weighted by Gasteiger charge is 2.21. The molecule has 4 N–H and O–H groups in total. The van der Waals surface area contributed by atoms with E-state index >= 15 is 0 Å². The van der Waals surface area contributed by atoms with Gasteiger partial charge in [0.2, 0.25) is 5.91 Å². The van der Waals surface area contributed by atoms with Crippen LogP contribution in [-0.4, -0.2) is 47.5 Å². The summed E-state index contributed by atoms with van der Waals surface area (Å²) in [6, 6.07) is -1.04. The third-order valence-electron chi connectivity index (χ3n) is 1.36. The Balaban J connectivity index is 0.000000255. The lowest BCUT2D eigenvalue weighted by atomic mass is 10.4. The smallest absolute Gasteiger partial charge is 0.324 e. The zero-order valence-electron chi connectivity index (χ0n) is 7.98. The molecule has 1 atom stereocenters. The fourth-order valence-corrected chi connectivity index (χ4v) is 0.541. The highest BCUT2D eigenvalue weighted by molar-refractivity contribution is 6.01. The number of likely N-dealkylation sites (N-methyl/N-ethyl adjacent to an activating group) is 1. The first-order chi connectivity index (χ1) is 6.34. The molecule has 1 unspecified atom stereocenters. The number of aliphatic carboxylic acids is 1. The first-order valence-electron chi connectivity index (χ1n) is 3.88. The van der Waals surface area contributed by atoms with E-state index in [1.54, 1.807) is 7.05 Å². The Morgan fingerprint density at radius 2 is 2.07 bits per heavy atom. The van der Waals surface area contributed by atoms with E-state index in [1.165, 1.54) is 11.8 Å². The molecule has 0 spiro atoms. The second-order valence-electron chi connectivity index (χ2n) is 2.84. The monoisotopic (exact) mass is 203 g/mol. The van der Waals surface area contributed by atoms with Crippen molar-refractivity contribution >= 4 is 17.9 Å². The number of rotatable bonds is 1. The van der Waals surface area contributed by atoms with E-state index in [9.17, 15) is 14.4 Å². The van der Waals surface area contributed by atoms with Crippen molar-refractivity contribution in [2.75, 3.05) is 13.6 Å². The maximum atomic E-state index is 10.4. The number of imide groups is 1. The van der Waals surface area contributed by atoms with Crippen LogP contribution >= 0.6 is 0 Å². The van der Waals surface area contributed by atoms with Gasteiger partial charge in [-0.15, -0.1) is 0 Å². The van der Waals surface area contributed by atoms with E-state index < -0.39 is 12.0 Å². The van der Waals surface area contributed by atoms with Crippen molar-refractivity contribution in [2.45, 2.75) is 13.0 Å². The Kier molecular flexibility index (Phi) is 4.57. The average Bonchev–Trinajstić information content (AvgIpc) is 2.30. The predicted molar refractivity (Wildman–Crippen MR) is 47.5 cm³/mol. The Morgan fingerprint density at radius 3 is 2.14 bits per heavy atom. The van der Waals surface area contributed by atoms with Crippen LogP contribution in [0, 0.1) is 0 Å². The fraction of sp³-hybridized carbons (Fsp3) is 0.571. The molecule has 1 heterocycles. The molecule has 0 aromatic rings. The minimum absolute atomic E-state index is 0.193. The van der Waals surface area contributed by atoms with Gasteiger partial charge in [-0.3, -0.25) is 14.9 Å². The molecule has 1 aliphatic heterocycles. The van der Waals surface area contributed by atoms with Crippen molar-refractivity contribution in [3.8, 4) is 0 Å². The van der Waals surface area contributed by atoms with Gasteiger partial charge in [0.05, 0.1) is 0 Å². The summed E-state index contributed by atoms with van der Waals surface area (Å²) in [5, 5.41) is 9.98. The third-order valence-corrected chi connectivity index (χ3v) is 1.36. The molecule has 0 radical (unpaired) electrons. The Morgan fingerprint density at radius 1 is 1.64 bits per heavy atom. The van der Waals surface area contributed by atoms with Gasteiger partial charge in [0, 0.05) is 7.05 Å². The van der Waals surface area contributed by atoms with Crippen LogP contribution in [0.3, 0.4) is 0 Å². The average molecular weight is 203 g/mol. The van der Waals surface area contributed by atoms with Gasteiger partial charge >= 0.3 is 12.0 Å². The van der Waals surface area contributed by atoms with E-state index in [-0.39, 0.29) is 18.5 Å². The molecule has 0 bridgehead atoms. The topological polar surface area (TPSA) is 113 Å². The minimum Gasteiger partial charge on any atom is -0.480 e. The summed E-state index contributed by atoms with van der Waals surface area (Å²) in [6.45, 7) is 1.61. The van der Waals surface area contributed by atoms with Gasteiger partial charge < -0.3 is 15.7 Å². The minimum atomic E-state index is -0.963. The van der Waals surface area contributed by atoms with Crippen LogP contribution in [0.4, 0.5) is 4.79 Å². The summed E-state index contributed by atoms with van der Waals surface area (Å²) in [5.74, 6) is -1.19. The van der Waals surface area contributed by atoms with Crippen molar-refractivity contribution in [2.24, 2.45) is 5.73 Å². The first kappa shape index (κ1) is 12.4. The molecule has 7 heteroatoms. The molecule has 1 saturated heterocycles. The summed E-state index contributed by atoms with van der Waals surface area (Å²) in [7, 11) is 1.57. The number of nitrogens with zero attached hydrogens (tertiary/aromatic N) is 1. The summed E-state index contributed by atoms with van der Waals surface area (Å²) in [5.41, 5.74) is 4.84. The highest BCUT2D eigenvalue weighted by atomic mass is 16.4. The lowest BCUT2D eigenvalue weighted by Gasteiger charge is -1.99. The van der Waals surface area contributed by atoms with Gasteiger partial charge in [-0.25, -0.2) is 4.79 Å². The van der Waals surface area contributed by atoms with Crippen molar-refractivity contribution < 1.29 is 19.5 Å². The number of carboxylic acid groups (broad SMARTS) is 1. The van der Waals surface area contributed by atoms with Crippen LogP contribution in [0.15, 0.2) is 0 Å². The van der Waals surface area contributed by atoms with E-state index in [0.29, 0.717) is 0 Å². The standard InChI is InChI=1S/C4H6N2O2.C3H7NO2/c1-6-2-3(7)5-4(6)8;1-2(4)3(5)6/h2H2,1H3,(H,5,7,8);2H,4H2,1H3,(H,5,6). The number of carbonyl (C=O) groups is 3. The van der Waals surface area contributed by atoms with Gasteiger partial charge in [0.25, 0.3) is 0 Å². The zero-order chi connectivity index (χ0) is 11.3. The van der Waals surface area contributed by atoms with Crippen LogP contribution in [0.5, 0.6) is 0 Å². The summed E-state index contributed by atoms with van der Waals surface area (Å²) < 4.78 is 0. The molecule has 7 nitrogen and oxygen atoms in total. The predicted octanol–water partition coefficient (Wildman–Crippen LogP) is -1.41. The summed E-state index contributed by atoms with van der Waals surface area (Å²) >= 11 is 0. The van der Waals surface area contributed by atoms with Crippen LogP contribution in [0.2, 0.25) is 0 Å². The van der Waals surface area contributed by atoms with Gasteiger partial charge in [-0.1, -0.05) is 0 Å². The summed E-state index contributed by atoms with van der Waals surface area (Å²) in [4.78, 5) is 31.6. The number of carboxylic acids is 1. The highest BCUT2D eigenvalue weighted by Crippen LogP contribution is 1.90. The van der Waals surface area contributed by atoms with E-state index in [1.807, 2.05) is 0 Å². The largest absolute Gasteiger partial charge is 0.480 e. The number of nitrogens with two attached hydrogens (primary N) is 1. The van der Waals surface area contributed by atoms with E-state index in [0.717, 1.165) is 0 Å². The Hall–Kier alpha value is -1.63. The molecule has 1 rings (SSSR count). The lowest BCUT2D eigenvalue weighted by molar-refractivity contribution is -0.138. The van der Waals surface area contributed by atoms with Crippen molar-refractivity contribution in [1.82, 2.24) is 10.2 Å². The van der Waals surface area contributed by atoms with Crippen LogP contribution in [-0.2, 0) is 9.59 Å². The van der Waals surface area contributed by atoms with Crippen LogP contribution < -0.4 is 11.1 Å². The van der Waals surface area contributed by atoms with E-state index in [2.05, 4.69) is 5.32 Å². The number of amides is 3. The normalized spacial score (nSPS) is 16.9. The summed E-state index contributed by atoms with van der Waals surface area (Å²) in [6.07, 6.45) is 0. The molecule has 0 aromatic carbocycles. The number of hydrogen-bond donors (Lipinski definition) is 3. The van der Waals surface area contributed by atoms with Gasteiger partial charge in [-0.05, 0) is 6.92 Å². The number of nitrogens with one attached hydrogen (secondary N) is 1. The zero-order valence-corrected chi connectivity index (χ0v) is 7.98. The van der Waals surface area contributed by atoms with Crippen LogP contribution in [0.1, 0.15) is 6.92 Å². The van der Waals surface area contributed by atoms with Crippen molar-refractivity contribution in [3.05, 3.63) is 0 Å². The van der Waals surface area contributed by atoms with Gasteiger partial charge in [-0.2, -0.15) is 0 Å². The fourth-order valence-electron chi connectivity index (χ4n) is 0.541. The quantitative estimate of drug-likeness (QED) is 0.453. The second kappa shape index (κ2) is 5.18. The maximum absolute atomic E-state index is 10.4. The van der Waals surface area contributed by atoms with Crippen molar-refractivity contribution in [1.29, 1.82) is 0 Å². The molecular weight excluding hydrogens is 190 g/mol. The lowest BCUT2D eigenvalue weighted by Crippen LogP contribution is -2.25. The molecular formula is C7H13N3O4. The Labute approximate surface area is 80.9 Å². The molecule has 1 fully saturated rings. The molecule has 0 aliphatic carbocycles. The number of urea groups is 1. The number of carbonyl (C=O) groups excluding carboxylic acids is 2. The molecule has 80 valence electrons. The first-order valence-corrected chi connectivity index (χ1v) is 3.88. The number of hydrogen-bond acceptors (Lipinski definition) is 4. The molecule has 0 aromatic heterocycles. The second-order valence-corrected chi connectivity index (χ2v) is 2.84. The Bertz CT molecular complexity index is 251. The molecule has 14 heavy (non-hydrogen) atoms. The SMILES string of the molecule is CC(N)C(=O)O.CN1CC(=O)NC1=O. The molecule has 0 saturated carbocycles. The van der Waals surface area contributed by atoms with Crippen molar-refractivity contribution in [3.63, 3.8) is 0 Å². The van der Waals surface area contributed by atoms with Gasteiger partial charge in [0.15, 0.2) is 0 Å².